The van der Waals surface area contributed by atoms with Crippen molar-refractivity contribution >= 4 is 11.4 Å². The van der Waals surface area contributed by atoms with Crippen LogP contribution in [0.4, 0.5) is 11.4 Å². The van der Waals surface area contributed by atoms with E-state index in [0.29, 0.717) is 5.69 Å². The van der Waals surface area contributed by atoms with Gasteiger partial charge in [0.25, 0.3) is 0 Å². The molecule has 0 heterocycles. The topological polar surface area (TPSA) is 31.4 Å². The third kappa shape index (κ3) is 8.78. The summed E-state index contributed by atoms with van der Waals surface area (Å²) in [6.07, 6.45) is 0. The van der Waals surface area contributed by atoms with Gasteiger partial charge in [-0.15, -0.1) is 0 Å². The molecule has 0 aromatic heterocycles. The minimum atomic E-state index is 0. The van der Waals surface area contributed by atoms with Crippen LogP contribution in [-0.2, 0) is 26.0 Å². The third-order valence-electron chi connectivity index (χ3n) is 2.67. The molecule has 0 amide bonds. The maximum atomic E-state index is 8.61. The third-order valence-corrected chi connectivity index (χ3v) is 2.67. The Labute approximate surface area is 168 Å². The van der Waals surface area contributed by atoms with Crippen LogP contribution in [0.2, 0.25) is 0 Å². The van der Waals surface area contributed by atoms with Gasteiger partial charge >= 0.3 is 25.2 Å². The van der Waals surface area contributed by atoms with Crippen molar-refractivity contribution in [2.45, 2.75) is 6.54 Å². The normalized spacial score (nSPS) is 7.45. The van der Waals surface area contributed by atoms with Crippen molar-refractivity contribution in [2.75, 3.05) is 11.9 Å². The number of benzene rings is 2. The zero-order valence-electron chi connectivity index (χ0n) is 12.0. The Morgan fingerprint density at radius 3 is 1.82 bits per heavy atom. The van der Waals surface area contributed by atoms with Gasteiger partial charge in [0, 0.05) is 31.4 Å². The molecule has 0 bridgehead atoms. The SMILES string of the molecule is CN(Cc1ccccc1)c1ccc([N+]#N)cc1.[Cl-].[Cl-].[Cl-].[Cl-].[Zn+2]. The number of anilines is 1. The molecule has 2 aromatic rings. The summed E-state index contributed by atoms with van der Waals surface area (Å²) in [7, 11) is 2.04. The predicted molar refractivity (Wildman–Crippen MR) is 69.7 cm³/mol. The Hall–Kier alpha value is -0.557. The fourth-order valence-electron chi connectivity index (χ4n) is 1.72. The van der Waals surface area contributed by atoms with Crippen LogP contribution in [0.15, 0.2) is 54.6 Å². The molecule has 3 nitrogen and oxygen atoms in total. The molecule has 8 heteroatoms. The molecule has 0 saturated carbocycles. The second kappa shape index (κ2) is 15.3. The summed E-state index contributed by atoms with van der Waals surface area (Å²) in [6, 6.07) is 17.8. The second-order valence-electron chi connectivity index (χ2n) is 3.96. The van der Waals surface area contributed by atoms with Crippen LogP contribution in [0, 0.1) is 5.39 Å². The summed E-state index contributed by atoms with van der Waals surface area (Å²) in [5, 5.41) is 8.61. The van der Waals surface area contributed by atoms with Crippen molar-refractivity contribution < 1.29 is 69.1 Å². The first-order valence-electron chi connectivity index (χ1n) is 5.50. The maximum Gasteiger partial charge on any atom is 2.00 e. The number of nitrogens with zero attached hydrogens (tertiary/aromatic N) is 3. The average molecular weight is 431 g/mol. The standard InChI is InChI=1S/C14H14N3.4ClH.Zn/c1-17(11-12-5-3-2-4-6-12)14-9-7-13(16-15)8-10-14;;;;;/h2-10H,11H2,1H3;4*1H;/q+1;;;;;+2/p-4. The largest absolute Gasteiger partial charge is 2.00 e. The van der Waals surface area contributed by atoms with Crippen molar-refractivity contribution in [3.8, 4) is 0 Å². The molecular weight excluding hydrogens is 417 g/mol. The zero-order chi connectivity index (χ0) is 12.1. The van der Waals surface area contributed by atoms with Crippen LogP contribution in [0.1, 0.15) is 5.56 Å². The van der Waals surface area contributed by atoms with Gasteiger partial charge in [0.05, 0.1) is 0 Å². The van der Waals surface area contributed by atoms with Crippen LogP contribution in [0.3, 0.4) is 0 Å². The van der Waals surface area contributed by atoms with Crippen molar-refractivity contribution in [1.82, 2.24) is 0 Å². The van der Waals surface area contributed by atoms with E-state index in [1.165, 1.54) is 5.56 Å². The molecule has 0 radical (unpaired) electrons. The Bertz CT molecular complexity index is 532. The van der Waals surface area contributed by atoms with Crippen molar-refractivity contribution in [3.63, 3.8) is 0 Å². The Morgan fingerprint density at radius 2 is 1.36 bits per heavy atom. The summed E-state index contributed by atoms with van der Waals surface area (Å²) in [6.45, 7) is 0.858. The average Bonchev–Trinajstić information content (AvgIpc) is 2.40. The molecule has 0 fully saturated rings. The Morgan fingerprint density at radius 1 is 0.864 bits per heavy atom. The predicted octanol–water partition coefficient (Wildman–Crippen LogP) is -8.18. The monoisotopic (exact) mass is 428 g/mol. The number of halogens is 4. The minimum Gasteiger partial charge on any atom is -1.00 e. The van der Waals surface area contributed by atoms with E-state index in [2.05, 4.69) is 22.0 Å². The van der Waals surface area contributed by atoms with Crippen molar-refractivity contribution in [3.05, 3.63) is 65.1 Å². The molecule has 0 aliphatic carbocycles. The van der Waals surface area contributed by atoms with Crippen molar-refractivity contribution in [1.29, 1.82) is 5.39 Å². The van der Waals surface area contributed by atoms with Gasteiger partial charge in [0.1, 0.15) is 0 Å². The summed E-state index contributed by atoms with van der Waals surface area (Å²) in [5.41, 5.74) is 2.94. The van der Waals surface area contributed by atoms with Crippen LogP contribution in [-0.4, -0.2) is 7.05 Å². The van der Waals surface area contributed by atoms with Gasteiger partial charge < -0.3 is 54.5 Å². The maximum absolute atomic E-state index is 8.61. The molecule has 0 aliphatic heterocycles. The van der Waals surface area contributed by atoms with E-state index in [9.17, 15) is 0 Å². The van der Waals surface area contributed by atoms with Gasteiger partial charge in [-0.05, 0) is 17.7 Å². The summed E-state index contributed by atoms with van der Waals surface area (Å²) in [4.78, 5) is 5.29. The van der Waals surface area contributed by atoms with Gasteiger partial charge in [-0.3, -0.25) is 0 Å². The van der Waals surface area contributed by atoms with E-state index in [1.807, 2.05) is 37.4 Å². The van der Waals surface area contributed by atoms with Gasteiger partial charge in [0.15, 0.2) is 4.98 Å². The summed E-state index contributed by atoms with van der Waals surface area (Å²) in [5.74, 6) is 0. The van der Waals surface area contributed by atoms with Gasteiger partial charge in [0.2, 0.25) is 5.39 Å². The molecule has 22 heavy (non-hydrogen) atoms. The van der Waals surface area contributed by atoms with E-state index in [1.54, 1.807) is 12.1 Å². The molecule has 0 atom stereocenters. The molecule has 2 aromatic carbocycles. The molecular formula is C14H14Cl4N3Zn-. The fourth-order valence-corrected chi connectivity index (χ4v) is 1.72. The smallest absolute Gasteiger partial charge is 1.00 e. The minimum absolute atomic E-state index is 0. The molecule has 116 valence electrons. The molecule has 0 N–H and O–H groups in total. The fraction of sp³-hybridized carbons (Fsp3) is 0.143. The molecule has 0 aliphatic rings. The van der Waals surface area contributed by atoms with E-state index < -0.39 is 0 Å². The van der Waals surface area contributed by atoms with Crippen LogP contribution in [0.25, 0.3) is 4.98 Å². The van der Waals surface area contributed by atoms with Gasteiger partial charge in [-0.1, -0.05) is 30.3 Å². The first-order chi connectivity index (χ1) is 8.29. The van der Waals surface area contributed by atoms with Crippen LogP contribution < -0.4 is 54.5 Å². The summed E-state index contributed by atoms with van der Waals surface area (Å²) >= 11 is 0. The van der Waals surface area contributed by atoms with E-state index >= 15 is 0 Å². The molecule has 0 spiro atoms. The number of hydrogen-bond donors (Lipinski definition) is 0. The quantitative estimate of drug-likeness (QED) is 0.357. The van der Waals surface area contributed by atoms with E-state index in [4.69, 9.17) is 5.39 Å². The molecule has 0 unspecified atom stereocenters. The van der Waals surface area contributed by atoms with Crippen molar-refractivity contribution in [2.24, 2.45) is 0 Å². The number of rotatable bonds is 3. The first kappa shape index (κ1) is 29.5. The molecule has 2 rings (SSSR count). The number of diazo groups is 1. The van der Waals surface area contributed by atoms with Crippen LogP contribution in [0.5, 0.6) is 0 Å². The van der Waals surface area contributed by atoms with E-state index in [0.717, 1.165) is 12.2 Å². The van der Waals surface area contributed by atoms with E-state index in [-0.39, 0.29) is 69.1 Å². The zero-order valence-corrected chi connectivity index (χ0v) is 18.0. The first-order valence-corrected chi connectivity index (χ1v) is 5.50. The second-order valence-corrected chi connectivity index (χ2v) is 3.96. The number of hydrogen-bond acceptors (Lipinski definition) is 2. The Balaban J connectivity index is -0.000000324. The summed E-state index contributed by atoms with van der Waals surface area (Å²) < 4.78 is 0. The molecule has 0 saturated heterocycles. The van der Waals surface area contributed by atoms with Gasteiger partial charge in [-0.2, -0.15) is 0 Å². The van der Waals surface area contributed by atoms with Gasteiger partial charge in [-0.25, -0.2) is 0 Å². The Kier molecular flexibility index (Phi) is 20.5. The van der Waals surface area contributed by atoms with Crippen LogP contribution >= 0.6 is 0 Å².